The van der Waals surface area contributed by atoms with Crippen molar-refractivity contribution in [3.8, 4) is 0 Å². The van der Waals surface area contributed by atoms with Crippen molar-refractivity contribution >= 4 is 15.9 Å². The van der Waals surface area contributed by atoms with Crippen LogP contribution in [0.3, 0.4) is 0 Å². The molecule has 1 unspecified atom stereocenters. The summed E-state index contributed by atoms with van der Waals surface area (Å²) in [5, 5.41) is 3.55. The second-order valence-electron chi connectivity index (χ2n) is 4.79. The molecule has 0 fully saturated rings. The third kappa shape index (κ3) is 5.22. The molecule has 108 valence electrons. The Hall–Kier alpha value is -0.420. The van der Waals surface area contributed by atoms with Gasteiger partial charge in [-0.1, -0.05) is 41.9 Å². The highest BCUT2D eigenvalue weighted by atomic mass is 79.9. The third-order valence-electron chi connectivity index (χ3n) is 3.48. The fourth-order valence-corrected chi connectivity index (χ4v) is 2.94. The molecule has 0 aliphatic rings. The van der Waals surface area contributed by atoms with Crippen LogP contribution in [0.4, 0.5) is 0 Å². The second-order valence-corrected chi connectivity index (χ2v) is 5.65. The topological polar surface area (TPSA) is 41.3 Å². The molecule has 3 N–H and O–H groups in total. The van der Waals surface area contributed by atoms with E-state index >= 15 is 0 Å². The average molecular weight is 328 g/mol. The SMILES string of the molecule is CCN(CC)CCNC(CN)c1ccc(C)cc1Br. The summed E-state index contributed by atoms with van der Waals surface area (Å²) in [6, 6.07) is 6.64. The Morgan fingerprint density at radius 3 is 2.53 bits per heavy atom. The number of aryl methyl sites for hydroxylation is 1. The van der Waals surface area contributed by atoms with Crippen LogP contribution in [0.25, 0.3) is 0 Å². The molecule has 0 heterocycles. The number of nitrogens with one attached hydrogen (secondary N) is 1. The molecule has 1 aromatic rings. The zero-order valence-corrected chi connectivity index (χ0v) is 13.8. The van der Waals surface area contributed by atoms with E-state index in [1.165, 1.54) is 11.1 Å². The van der Waals surface area contributed by atoms with Crippen LogP contribution in [0, 0.1) is 6.92 Å². The van der Waals surface area contributed by atoms with Crippen LogP contribution < -0.4 is 11.1 Å². The molecule has 0 saturated heterocycles. The molecule has 19 heavy (non-hydrogen) atoms. The smallest absolute Gasteiger partial charge is 0.0456 e. The van der Waals surface area contributed by atoms with Crippen LogP contribution >= 0.6 is 15.9 Å². The number of nitrogens with zero attached hydrogens (tertiary/aromatic N) is 1. The maximum atomic E-state index is 5.90. The molecule has 1 aromatic carbocycles. The lowest BCUT2D eigenvalue weighted by molar-refractivity contribution is 0.296. The van der Waals surface area contributed by atoms with Gasteiger partial charge < -0.3 is 16.0 Å². The minimum absolute atomic E-state index is 0.213. The van der Waals surface area contributed by atoms with Crippen molar-refractivity contribution in [3.63, 3.8) is 0 Å². The third-order valence-corrected chi connectivity index (χ3v) is 4.17. The van der Waals surface area contributed by atoms with E-state index in [-0.39, 0.29) is 6.04 Å². The van der Waals surface area contributed by atoms with Crippen LogP contribution in [0.5, 0.6) is 0 Å². The maximum Gasteiger partial charge on any atom is 0.0456 e. The summed E-state index contributed by atoms with van der Waals surface area (Å²) in [4.78, 5) is 2.41. The monoisotopic (exact) mass is 327 g/mol. The van der Waals surface area contributed by atoms with Gasteiger partial charge in [0.15, 0.2) is 0 Å². The predicted octanol–water partition coefficient (Wildman–Crippen LogP) is 2.69. The molecule has 0 spiro atoms. The van der Waals surface area contributed by atoms with E-state index in [9.17, 15) is 0 Å². The fraction of sp³-hybridized carbons (Fsp3) is 0.600. The highest BCUT2D eigenvalue weighted by Crippen LogP contribution is 2.24. The number of nitrogens with two attached hydrogens (primary N) is 1. The summed E-state index contributed by atoms with van der Waals surface area (Å²) in [5.41, 5.74) is 8.40. The zero-order chi connectivity index (χ0) is 14.3. The largest absolute Gasteiger partial charge is 0.329 e. The molecule has 0 radical (unpaired) electrons. The molecule has 4 heteroatoms. The summed E-state index contributed by atoms with van der Waals surface area (Å²) >= 11 is 3.63. The lowest BCUT2D eigenvalue weighted by atomic mass is 10.1. The van der Waals surface area contributed by atoms with Gasteiger partial charge in [-0.3, -0.25) is 0 Å². The zero-order valence-electron chi connectivity index (χ0n) is 12.2. The molecule has 0 amide bonds. The Balaban J connectivity index is 2.58. The van der Waals surface area contributed by atoms with E-state index < -0.39 is 0 Å². The van der Waals surface area contributed by atoms with Gasteiger partial charge in [0.1, 0.15) is 0 Å². The molecule has 0 saturated carbocycles. The Kier molecular flexibility index (Phi) is 7.61. The van der Waals surface area contributed by atoms with E-state index in [1.807, 2.05) is 0 Å². The highest BCUT2D eigenvalue weighted by Gasteiger charge is 2.12. The quantitative estimate of drug-likeness (QED) is 0.771. The Labute approximate surface area is 125 Å². The van der Waals surface area contributed by atoms with Gasteiger partial charge in [0.05, 0.1) is 0 Å². The summed E-state index contributed by atoms with van der Waals surface area (Å²) < 4.78 is 1.14. The van der Waals surface area contributed by atoms with E-state index in [0.29, 0.717) is 6.54 Å². The summed E-state index contributed by atoms with van der Waals surface area (Å²) in [6.07, 6.45) is 0. The minimum atomic E-state index is 0.213. The van der Waals surface area contributed by atoms with Crippen molar-refractivity contribution in [1.82, 2.24) is 10.2 Å². The van der Waals surface area contributed by atoms with E-state index in [1.54, 1.807) is 0 Å². The number of hydrogen-bond donors (Lipinski definition) is 2. The van der Waals surface area contributed by atoms with Crippen LogP contribution in [0.1, 0.15) is 31.0 Å². The first-order valence-corrected chi connectivity index (χ1v) is 7.83. The summed E-state index contributed by atoms with van der Waals surface area (Å²) in [7, 11) is 0. The standard InChI is InChI=1S/C15H26BrN3/c1-4-19(5-2)9-8-18-15(11-17)13-7-6-12(3)10-14(13)16/h6-7,10,15,18H,4-5,8-9,11,17H2,1-3H3. The molecular weight excluding hydrogens is 302 g/mol. The lowest BCUT2D eigenvalue weighted by Crippen LogP contribution is -2.36. The number of hydrogen-bond acceptors (Lipinski definition) is 3. The first-order valence-electron chi connectivity index (χ1n) is 7.04. The van der Waals surface area contributed by atoms with Crippen molar-refractivity contribution < 1.29 is 0 Å². The minimum Gasteiger partial charge on any atom is -0.329 e. The summed E-state index contributed by atoms with van der Waals surface area (Å²) in [6.45, 7) is 11.3. The number of rotatable bonds is 8. The molecule has 1 atom stereocenters. The lowest BCUT2D eigenvalue weighted by Gasteiger charge is -2.22. The van der Waals surface area contributed by atoms with Crippen molar-refractivity contribution in [3.05, 3.63) is 33.8 Å². The first kappa shape index (κ1) is 16.6. The van der Waals surface area contributed by atoms with Crippen molar-refractivity contribution in [2.24, 2.45) is 5.73 Å². The van der Waals surface area contributed by atoms with Crippen molar-refractivity contribution in [1.29, 1.82) is 0 Å². The van der Waals surface area contributed by atoms with Gasteiger partial charge in [-0.25, -0.2) is 0 Å². The Morgan fingerprint density at radius 2 is 2.00 bits per heavy atom. The molecule has 3 nitrogen and oxygen atoms in total. The van der Waals surface area contributed by atoms with Gasteiger partial charge in [0.25, 0.3) is 0 Å². The van der Waals surface area contributed by atoms with Gasteiger partial charge in [0, 0.05) is 30.1 Å². The Morgan fingerprint density at radius 1 is 1.32 bits per heavy atom. The van der Waals surface area contributed by atoms with Gasteiger partial charge in [-0.05, 0) is 37.2 Å². The molecule has 0 bridgehead atoms. The van der Waals surface area contributed by atoms with Crippen LogP contribution in [-0.2, 0) is 0 Å². The number of halogens is 1. The number of likely N-dealkylation sites (N-methyl/N-ethyl adjacent to an activating group) is 1. The highest BCUT2D eigenvalue weighted by molar-refractivity contribution is 9.10. The van der Waals surface area contributed by atoms with Gasteiger partial charge in [0.2, 0.25) is 0 Å². The van der Waals surface area contributed by atoms with Crippen molar-refractivity contribution in [2.75, 3.05) is 32.7 Å². The maximum absolute atomic E-state index is 5.90. The fourth-order valence-electron chi connectivity index (χ4n) is 2.17. The molecule has 0 aromatic heterocycles. The average Bonchev–Trinajstić information content (AvgIpc) is 2.40. The molecular formula is C15H26BrN3. The molecule has 0 aliphatic carbocycles. The van der Waals surface area contributed by atoms with Gasteiger partial charge in [-0.2, -0.15) is 0 Å². The number of benzene rings is 1. The van der Waals surface area contributed by atoms with Crippen LogP contribution in [0.15, 0.2) is 22.7 Å². The predicted molar refractivity (Wildman–Crippen MR) is 86.5 cm³/mol. The van der Waals surface area contributed by atoms with Gasteiger partial charge >= 0.3 is 0 Å². The second kappa shape index (κ2) is 8.69. The molecule has 1 rings (SSSR count). The summed E-state index contributed by atoms with van der Waals surface area (Å²) in [5.74, 6) is 0. The van der Waals surface area contributed by atoms with Crippen LogP contribution in [-0.4, -0.2) is 37.6 Å². The first-order chi connectivity index (χ1) is 9.12. The van der Waals surface area contributed by atoms with Gasteiger partial charge in [-0.15, -0.1) is 0 Å². The normalized spacial score (nSPS) is 12.9. The van der Waals surface area contributed by atoms with E-state index in [4.69, 9.17) is 5.73 Å². The Bertz CT molecular complexity index is 378. The van der Waals surface area contributed by atoms with E-state index in [0.717, 1.165) is 30.7 Å². The van der Waals surface area contributed by atoms with E-state index in [2.05, 4.69) is 65.1 Å². The van der Waals surface area contributed by atoms with Crippen molar-refractivity contribution in [2.45, 2.75) is 26.8 Å². The molecule has 0 aliphatic heterocycles. The van der Waals surface area contributed by atoms with Crippen LogP contribution in [0.2, 0.25) is 0 Å².